The molecule has 7 atom stereocenters. The maximum Gasteiger partial charge on any atom is 0.219 e. The highest BCUT2D eigenvalue weighted by atomic mass is 16.5. The Hall–Kier alpha value is -0.900. The molecular weight excluding hydrogens is 410 g/mol. The molecule has 4 aliphatic rings. The molecule has 1 amide bonds. The van der Waals surface area contributed by atoms with Gasteiger partial charge < -0.3 is 10.1 Å². The third-order valence-electron chi connectivity index (χ3n) is 10.6. The van der Waals surface area contributed by atoms with Crippen LogP contribution in [0.3, 0.4) is 0 Å². The van der Waals surface area contributed by atoms with E-state index >= 15 is 0 Å². The maximum absolute atomic E-state index is 12.1. The van der Waals surface area contributed by atoms with Crippen LogP contribution in [0.1, 0.15) is 117 Å². The zero-order chi connectivity index (χ0) is 23.5. The molecule has 0 heterocycles. The molecule has 0 saturated heterocycles. The van der Waals surface area contributed by atoms with Crippen LogP contribution in [0, 0.1) is 34.5 Å². The average molecular weight is 460 g/mol. The second-order valence-electron chi connectivity index (χ2n) is 12.4. The van der Waals surface area contributed by atoms with E-state index in [0.717, 1.165) is 82.3 Å². The predicted octanol–water partition coefficient (Wildman–Crippen LogP) is 6.46. The highest BCUT2D eigenvalue weighted by Gasteiger charge is 2.60. The molecule has 0 aliphatic heterocycles. The van der Waals surface area contributed by atoms with E-state index in [1.807, 2.05) is 0 Å². The van der Waals surface area contributed by atoms with E-state index in [2.05, 4.69) is 26.1 Å². The summed E-state index contributed by atoms with van der Waals surface area (Å²) in [6.45, 7) is 8.89. The Morgan fingerprint density at radius 2 is 1.79 bits per heavy atom. The summed E-state index contributed by atoms with van der Waals surface area (Å²) >= 11 is 0. The quantitative estimate of drug-likeness (QED) is 0.381. The van der Waals surface area contributed by atoms with Gasteiger partial charge in [0.25, 0.3) is 0 Å². The molecule has 0 spiro atoms. The van der Waals surface area contributed by atoms with E-state index in [-0.39, 0.29) is 5.91 Å². The molecule has 0 aromatic heterocycles. The van der Waals surface area contributed by atoms with Crippen LogP contribution in [0.25, 0.3) is 0 Å². The molecule has 4 fully saturated rings. The number of fused-ring (bicyclic) bond motifs is 5. The van der Waals surface area contributed by atoms with Gasteiger partial charge in [-0.05, 0) is 98.7 Å². The highest BCUT2D eigenvalue weighted by molar-refractivity contribution is 5.79. The lowest BCUT2D eigenvalue weighted by molar-refractivity contribution is -0.145. The Morgan fingerprint density at radius 3 is 2.61 bits per heavy atom. The van der Waals surface area contributed by atoms with Crippen LogP contribution in [0.15, 0.2) is 0 Å². The van der Waals surface area contributed by atoms with Crippen molar-refractivity contribution in [1.29, 1.82) is 0 Å². The normalized spacial score (nSPS) is 40.1. The van der Waals surface area contributed by atoms with Gasteiger partial charge in [-0.3, -0.25) is 9.59 Å². The van der Waals surface area contributed by atoms with E-state index in [1.54, 1.807) is 0 Å². The number of unbranched alkanes of at least 4 members (excludes halogenated alkanes) is 3. The summed E-state index contributed by atoms with van der Waals surface area (Å²) in [5.41, 5.74) is 0.744. The molecule has 33 heavy (non-hydrogen) atoms. The minimum atomic E-state index is 0.207. The second kappa shape index (κ2) is 10.8. The summed E-state index contributed by atoms with van der Waals surface area (Å²) in [6.07, 6.45) is 17.0. The van der Waals surface area contributed by atoms with Crippen LogP contribution in [0.4, 0.5) is 0 Å². The van der Waals surface area contributed by atoms with Crippen molar-refractivity contribution in [2.75, 3.05) is 13.2 Å². The number of ketones is 1. The van der Waals surface area contributed by atoms with Gasteiger partial charge >= 0.3 is 0 Å². The van der Waals surface area contributed by atoms with Crippen molar-refractivity contribution in [2.24, 2.45) is 34.5 Å². The number of nitrogens with one attached hydrogen (secondary N) is 1. The van der Waals surface area contributed by atoms with Gasteiger partial charge in [0.15, 0.2) is 0 Å². The summed E-state index contributed by atoms with van der Waals surface area (Å²) in [6, 6.07) is 0. The first-order chi connectivity index (χ1) is 15.9. The largest absolute Gasteiger partial charge is 0.378 e. The van der Waals surface area contributed by atoms with Crippen LogP contribution in [0.2, 0.25) is 0 Å². The molecule has 1 N–H and O–H groups in total. The molecule has 0 aromatic rings. The third kappa shape index (κ3) is 5.21. The lowest BCUT2D eigenvalue weighted by atomic mass is 9.45. The van der Waals surface area contributed by atoms with Crippen LogP contribution in [-0.2, 0) is 14.3 Å². The fraction of sp³-hybridized carbons (Fsp3) is 0.931. The number of hydrogen-bond donors (Lipinski definition) is 1. The van der Waals surface area contributed by atoms with Crippen molar-refractivity contribution in [3.05, 3.63) is 0 Å². The number of ether oxygens (including phenoxy) is 1. The molecule has 4 heteroatoms. The number of carbonyl (C=O) groups is 2. The van der Waals surface area contributed by atoms with Crippen LogP contribution in [-0.4, -0.2) is 30.9 Å². The van der Waals surface area contributed by atoms with Gasteiger partial charge in [-0.25, -0.2) is 0 Å². The molecule has 0 unspecified atom stereocenters. The van der Waals surface area contributed by atoms with Crippen LogP contribution < -0.4 is 5.32 Å². The van der Waals surface area contributed by atoms with Crippen molar-refractivity contribution in [3.63, 3.8) is 0 Å². The first kappa shape index (κ1) is 25.2. The molecule has 0 aromatic carbocycles. The molecule has 0 radical (unpaired) electrons. The van der Waals surface area contributed by atoms with Gasteiger partial charge in [0.1, 0.15) is 5.78 Å². The highest BCUT2D eigenvalue weighted by Crippen LogP contribution is 2.66. The molecule has 4 nitrogen and oxygen atoms in total. The van der Waals surface area contributed by atoms with Gasteiger partial charge in [-0.1, -0.05) is 33.6 Å². The third-order valence-corrected chi connectivity index (χ3v) is 10.6. The van der Waals surface area contributed by atoms with E-state index in [4.69, 9.17) is 4.74 Å². The fourth-order valence-electron chi connectivity index (χ4n) is 8.55. The van der Waals surface area contributed by atoms with Crippen molar-refractivity contribution < 1.29 is 14.3 Å². The minimum absolute atomic E-state index is 0.207. The van der Waals surface area contributed by atoms with Gasteiger partial charge in [0.05, 0.1) is 6.10 Å². The molecule has 0 bridgehead atoms. The van der Waals surface area contributed by atoms with Crippen molar-refractivity contribution in [2.45, 2.75) is 123 Å². The minimum Gasteiger partial charge on any atom is -0.378 e. The fourth-order valence-corrected chi connectivity index (χ4v) is 8.55. The maximum atomic E-state index is 12.1. The second-order valence-corrected chi connectivity index (χ2v) is 12.4. The Labute approximate surface area is 202 Å². The van der Waals surface area contributed by atoms with E-state index in [1.165, 1.54) is 38.5 Å². The Kier molecular flexibility index (Phi) is 8.24. The van der Waals surface area contributed by atoms with E-state index in [0.29, 0.717) is 35.1 Å². The standard InChI is InChI=1S/C29H49NO3/c1-4-5-18-30-27(32)9-7-6-8-19-33-26-13-12-24-23-11-10-21-20-22(31)14-16-28(21,2)25(23)15-17-29(24,26)3/h21,23-26H,4-20H2,1-3H3,(H,30,32)/t21-,23-,24-,25-,26-,28-,29-/m0/s1. The Balaban J connectivity index is 1.22. The first-order valence-corrected chi connectivity index (χ1v) is 14.3. The summed E-state index contributed by atoms with van der Waals surface area (Å²) < 4.78 is 6.54. The number of carbonyl (C=O) groups excluding carboxylic acids is 2. The monoisotopic (exact) mass is 459 g/mol. The summed E-state index contributed by atoms with van der Waals surface area (Å²) in [4.78, 5) is 24.0. The zero-order valence-electron chi connectivity index (χ0n) is 21.6. The van der Waals surface area contributed by atoms with Crippen LogP contribution in [0.5, 0.6) is 0 Å². The van der Waals surface area contributed by atoms with Gasteiger partial charge in [0, 0.05) is 32.4 Å². The van der Waals surface area contributed by atoms with Crippen molar-refractivity contribution in [1.82, 2.24) is 5.32 Å². The van der Waals surface area contributed by atoms with Crippen LogP contribution >= 0.6 is 0 Å². The van der Waals surface area contributed by atoms with Gasteiger partial charge in [-0.2, -0.15) is 0 Å². The summed E-state index contributed by atoms with van der Waals surface area (Å²) in [5, 5.41) is 3.01. The summed E-state index contributed by atoms with van der Waals surface area (Å²) in [7, 11) is 0. The molecule has 4 aliphatic carbocycles. The van der Waals surface area contributed by atoms with E-state index < -0.39 is 0 Å². The smallest absolute Gasteiger partial charge is 0.219 e. The topological polar surface area (TPSA) is 55.4 Å². The van der Waals surface area contributed by atoms with Crippen molar-refractivity contribution in [3.8, 4) is 0 Å². The average Bonchev–Trinajstić information content (AvgIpc) is 3.13. The zero-order valence-corrected chi connectivity index (χ0v) is 21.6. The molecule has 4 saturated carbocycles. The number of rotatable bonds is 10. The number of hydrogen-bond acceptors (Lipinski definition) is 3. The Bertz CT molecular complexity index is 692. The first-order valence-electron chi connectivity index (χ1n) is 14.3. The van der Waals surface area contributed by atoms with Crippen molar-refractivity contribution >= 4 is 11.7 Å². The van der Waals surface area contributed by atoms with E-state index in [9.17, 15) is 9.59 Å². The predicted molar refractivity (Wildman–Crippen MR) is 133 cm³/mol. The Morgan fingerprint density at radius 1 is 0.970 bits per heavy atom. The molecular formula is C29H49NO3. The number of amides is 1. The number of Topliss-reactive ketones (excluding diaryl/α,β-unsaturated/α-hetero) is 1. The lowest BCUT2D eigenvalue weighted by Gasteiger charge is -2.60. The summed E-state index contributed by atoms with van der Waals surface area (Å²) in [5.74, 6) is 3.85. The lowest BCUT2D eigenvalue weighted by Crippen LogP contribution is -2.54. The molecule has 4 rings (SSSR count). The molecule has 188 valence electrons. The van der Waals surface area contributed by atoms with Gasteiger partial charge in [-0.15, -0.1) is 0 Å². The van der Waals surface area contributed by atoms with Gasteiger partial charge in [0.2, 0.25) is 5.91 Å². The SMILES string of the molecule is CCCCNC(=O)CCCCCO[C@H]1CC[C@H]2[C@@H]3CC[C@H]4CC(=O)CC[C@]4(C)[C@H]3CC[C@]12C.